The van der Waals surface area contributed by atoms with Gasteiger partial charge >= 0.3 is 0 Å². The fourth-order valence-corrected chi connectivity index (χ4v) is 3.69. The third-order valence-electron chi connectivity index (χ3n) is 4.85. The van der Waals surface area contributed by atoms with E-state index in [2.05, 4.69) is 23.5 Å². The van der Waals surface area contributed by atoms with Crippen LogP contribution < -0.4 is 15.0 Å². The highest BCUT2D eigenvalue weighted by molar-refractivity contribution is 7.98. The number of carbonyl (C=O) groups is 1. The summed E-state index contributed by atoms with van der Waals surface area (Å²) >= 11 is 1.62. The molecule has 0 saturated carbocycles. The van der Waals surface area contributed by atoms with E-state index in [0.29, 0.717) is 17.9 Å². The predicted octanol–water partition coefficient (Wildman–Crippen LogP) is 1.76. The number of nitrogens with one attached hydrogen (secondary N) is 2. The Labute approximate surface area is 165 Å². The van der Waals surface area contributed by atoms with Crippen LogP contribution >= 0.6 is 11.8 Å². The van der Waals surface area contributed by atoms with E-state index in [1.165, 1.54) is 10.5 Å². The molecule has 0 atom stereocenters. The molecule has 1 aliphatic rings. The quantitative estimate of drug-likeness (QED) is 0.711. The summed E-state index contributed by atoms with van der Waals surface area (Å²) in [5.74, 6) is 0.485. The van der Waals surface area contributed by atoms with Crippen LogP contribution in [0.25, 0.3) is 0 Å². The van der Waals surface area contributed by atoms with E-state index in [1.807, 2.05) is 30.5 Å². The highest BCUT2D eigenvalue weighted by atomic mass is 32.2. The number of carbonyl (C=O) groups excluding carboxylic acids is 1. The Morgan fingerprint density at radius 1 is 1.19 bits per heavy atom. The maximum Gasteiger partial charge on any atom is 0.255 e. The lowest BCUT2D eigenvalue weighted by Crippen LogP contribution is -3.12. The second-order valence-electron chi connectivity index (χ2n) is 6.56. The molecule has 2 N–H and O–H groups in total. The first kappa shape index (κ1) is 19.7. The molecule has 0 bridgehead atoms. The van der Waals surface area contributed by atoms with E-state index in [-0.39, 0.29) is 5.91 Å². The van der Waals surface area contributed by atoms with Crippen molar-refractivity contribution in [1.29, 1.82) is 0 Å². The van der Waals surface area contributed by atoms with Crippen LogP contribution in [0.5, 0.6) is 5.75 Å². The van der Waals surface area contributed by atoms with Crippen molar-refractivity contribution in [2.24, 2.45) is 0 Å². The van der Waals surface area contributed by atoms with Gasteiger partial charge in [-0.25, -0.2) is 0 Å². The Kier molecular flexibility index (Phi) is 7.15. The van der Waals surface area contributed by atoms with Crippen molar-refractivity contribution in [2.75, 3.05) is 39.7 Å². The van der Waals surface area contributed by atoms with E-state index in [0.717, 1.165) is 43.3 Å². The zero-order valence-corrected chi connectivity index (χ0v) is 16.7. The van der Waals surface area contributed by atoms with Crippen LogP contribution in [0.4, 0.5) is 0 Å². The topological polar surface area (TPSA) is 52.0 Å². The van der Waals surface area contributed by atoms with Crippen LogP contribution in [0.1, 0.15) is 21.5 Å². The molecule has 1 saturated heterocycles. The van der Waals surface area contributed by atoms with Crippen LogP contribution in [0.15, 0.2) is 47.4 Å². The molecule has 0 radical (unpaired) electrons. The van der Waals surface area contributed by atoms with E-state index in [9.17, 15) is 4.79 Å². The fraction of sp³-hybridized carbons (Fsp3) is 0.381. The van der Waals surface area contributed by atoms with Crippen LogP contribution in [0.3, 0.4) is 0 Å². The second kappa shape index (κ2) is 9.78. The van der Waals surface area contributed by atoms with E-state index < -0.39 is 0 Å². The summed E-state index contributed by atoms with van der Waals surface area (Å²) in [7, 11) is 1.59. The Hall–Kier alpha value is -2.02. The van der Waals surface area contributed by atoms with E-state index >= 15 is 0 Å². The number of hydrogen-bond acceptors (Lipinski definition) is 4. The van der Waals surface area contributed by atoms with Crippen molar-refractivity contribution in [2.45, 2.75) is 18.0 Å². The van der Waals surface area contributed by atoms with Crippen LogP contribution in [-0.2, 0) is 17.8 Å². The number of quaternary nitrogens is 1. The minimum absolute atomic E-state index is 0.118. The molecule has 5 nitrogen and oxygen atoms in total. The summed E-state index contributed by atoms with van der Waals surface area (Å²) in [4.78, 5) is 15.3. The largest absolute Gasteiger partial charge is 0.496 e. The molecule has 2 aromatic carbocycles. The van der Waals surface area contributed by atoms with Gasteiger partial charge < -0.3 is 19.7 Å². The molecule has 0 aliphatic carbocycles. The zero-order chi connectivity index (χ0) is 19.1. The summed E-state index contributed by atoms with van der Waals surface area (Å²) in [5, 5.41) is 3.05. The van der Waals surface area contributed by atoms with Crippen molar-refractivity contribution in [3.63, 3.8) is 0 Å². The molecule has 2 aromatic rings. The number of amides is 1. The normalized spacial score (nSPS) is 14.7. The SMILES string of the molecule is COc1cc(SC)ccc1C(=O)NCc1ccccc1C[NH+]1CCOCC1. The Balaban J connectivity index is 1.67. The minimum atomic E-state index is -0.118. The molecule has 0 spiro atoms. The van der Waals surface area contributed by atoms with Gasteiger partial charge in [0.25, 0.3) is 5.91 Å². The zero-order valence-electron chi connectivity index (χ0n) is 15.9. The lowest BCUT2D eigenvalue weighted by atomic mass is 10.1. The fourth-order valence-electron chi connectivity index (χ4n) is 3.27. The van der Waals surface area contributed by atoms with E-state index in [4.69, 9.17) is 9.47 Å². The second-order valence-corrected chi connectivity index (χ2v) is 7.44. The molecule has 0 aromatic heterocycles. The molecule has 0 unspecified atom stereocenters. The monoisotopic (exact) mass is 387 g/mol. The van der Waals surface area contributed by atoms with Crippen LogP contribution in [-0.4, -0.2) is 45.6 Å². The number of morpholine rings is 1. The van der Waals surface area contributed by atoms with Crippen molar-refractivity contribution < 1.29 is 19.2 Å². The molecule has 1 aliphatic heterocycles. The molecule has 1 heterocycles. The molecule has 27 heavy (non-hydrogen) atoms. The number of rotatable bonds is 7. The first-order valence-electron chi connectivity index (χ1n) is 9.19. The van der Waals surface area contributed by atoms with E-state index in [1.54, 1.807) is 18.9 Å². The summed E-state index contributed by atoms with van der Waals surface area (Å²) in [6.45, 7) is 5.16. The number of hydrogen-bond donors (Lipinski definition) is 2. The number of thioether (sulfide) groups is 1. The van der Waals surface area contributed by atoms with Crippen molar-refractivity contribution >= 4 is 17.7 Å². The molecular weight excluding hydrogens is 360 g/mol. The molecule has 1 fully saturated rings. The summed E-state index contributed by atoms with van der Waals surface area (Å²) in [6, 6.07) is 14.0. The number of methoxy groups -OCH3 is 1. The third-order valence-corrected chi connectivity index (χ3v) is 5.58. The predicted molar refractivity (Wildman–Crippen MR) is 108 cm³/mol. The van der Waals surface area contributed by atoms with Gasteiger partial charge in [0.05, 0.1) is 25.9 Å². The van der Waals surface area contributed by atoms with Gasteiger partial charge in [-0.1, -0.05) is 24.3 Å². The Bertz CT molecular complexity index is 776. The summed E-state index contributed by atoms with van der Waals surface area (Å²) < 4.78 is 10.8. The average Bonchev–Trinajstić information content (AvgIpc) is 2.73. The Morgan fingerprint density at radius 2 is 1.93 bits per heavy atom. The van der Waals surface area contributed by atoms with Crippen molar-refractivity contribution in [3.05, 3.63) is 59.2 Å². The highest BCUT2D eigenvalue weighted by Crippen LogP contribution is 2.25. The third kappa shape index (κ3) is 5.25. The number of ether oxygens (including phenoxy) is 2. The molecule has 6 heteroatoms. The first-order valence-corrected chi connectivity index (χ1v) is 10.4. The van der Waals surface area contributed by atoms with Crippen molar-refractivity contribution in [3.8, 4) is 5.75 Å². The smallest absolute Gasteiger partial charge is 0.255 e. The maximum atomic E-state index is 12.7. The number of benzene rings is 2. The van der Waals surface area contributed by atoms with Gasteiger partial charge in [0, 0.05) is 17.0 Å². The molecular formula is C21H27N2O3S+. The molecule has 144 valence electrons. The maximum absolute atomic E-state index is 12.7. The van der Waals surface area contributed by atoms with Crippen LogP contribution in [0, 0.1) is 0 Å². The lowest BCUT2D eigenvalue weighted by molar-refractivity contribution is -0.921. The van der Waals surface area contributed by atoms with Gasteiger partial charge in [-0.05, 0) is 30.0 Å². The van der Waals surface area contributed by atoms with Gasteiger partial charge in [-0.15, -0.1) is 11.8 Å². The lowest BCUT2D eigenvalue weighted by Gasteiger charge is -2.24. The average molecular weight is 388 g/mol. The first-order chi connectivity index (χ1) is 13.2. The van der Waals surface area contributed by atoms with Crippen LogP contribution in [0.2, 0.25) is 0 Å². The molecule has 3 rings (SSSR count). The summed E-state index contributed by atoms with van der Waals surface area (Å²) in [5.41, 5.74) is 3.00. The summed E-state index contributed by atoms with van der Waals surface area (Å²) in [6.07, 6.45) is 2.00. The van der Waals surface area contributed by atoms with Gasteiger partial charge in [0.1, 0.15) is 25.4 Å². The van der Waals surface area contributed by atoms with Crippen molar-refractivity contribution in [1.82, 2.24) is 5.32 Å². The minimum Gasteiger partial charge on any atom is -0.496 e. The molecule has 1 amide bonds. The van der Waals surface area contributed by atoms with Gasteiger partial charge in [0.15, 0.2) is 0 Å². The Morgan fingerprint density at radius 3 is 2.63 bits per heavy atom. The van der Waals surface area contributed by atoms with Gasteiger partial charge in [-0.3, -0.25) is 4.79 Å². The van der Waals surface area contributed by atoms with Gasteiger partial charge in [-0.2, -0.15) is 0 Å². The highest BCUT2D eigenvalue weighted by Gasteiger charge is 2.17. The standard InChI is InChI=1S/C21H26N2O3S/c1-25-20-13-18(27-2)7-8-19(20)21(24)22-14-16-5-3-4-6-17(16)15-23-9-11-26-12-10-23/h3-8,13H,9-12,14-15H2,1-2H3,(H,22,24)/p+1. The van der Waals surface area contributed by atoms with Gasteiger partial charge in [0.2, 0.25) is 0 Å².